The van der Waals surface area contributed by atoms with Crippen LogP contribution in [0.4, 0.5) is 17.1 Å². The van der Waals surface area contributed by atoms with Crippen LogP contribution in [0.3, 0.4) is 0 Å². The third kappa shape index (κ3) is 4.54. The van der Waals surface area contributed by atoms with Gasteiger partial charge in [-0.1, -0.05) is 40.2 Å². The van der Waals surface area contributed by atoms with Gasteiger partial charge in [0.15, 0.2) is 0 Å². The van der Waals surface area contributed by atoms with Crippen LogP contribution in [0, 0.1) is 0 Å². The Morgan fingerprint density at radius 2 is 1.22 bits per heavy atom. The van der Waals surface area contributed by atoms with E-state index in [1.165, 1.54) is 12.1 Å². The van der Waals surface area contributed by atoms with Crippen molar-refractivity contribution in [3.63, 3.8) is 0 Å². The standard InChI is InChI=1S/C28H18BrN3O4/c29-19-11-9-18(10-12-19)26(34)31-21-13-14-23-24(16-21)28(36)32(27(23)35)22-8-4-7-20(15-22)30-25(33)17-5-2-1-3-6-17/h1-16H,(H,30,33)(H,31,34). The van der Waals surface area contributed by atoms with Crippen LogP contribution in [0.2, 0.25) is 0 Å². The lowest BCUT2D eigenvalue weighted by atomic mass is 10.1. The third-order valence-corrected chi connectivity index (χ3v) is 6.18. The highest BCUT2D eigenvalue weighted by Crippen LogP contribution is 2.31. The van der Waals surface area contributed by atoms with E-state index in [1.54, 1.807) is 78.9 Å². The van der Waals surface area contributed by atoms with E-state index >= 15 is 0 Å². The smallest absolute Gasteiger partial charge is 0.266 e. The van der Waals surface area contributed by atoms with Crippen molar-refractivity contribution in [2.75, 3.05) is 15.5 Å². The summed E-state index contributed by atoms with van der Waals surface area (Å²) in [6.07, 6.45) is 0. The Balaban J connectivity index is 1.36. The van der Waals surface area contributed by atoms with E-state index in [0.29, 0.717) is 28.2 Å². The van der Waals surface area contributed by atoms with Crippen molar-refractivity contribution in [3.8, 4) is 0 Å². The van der Waals surface area contributed by atoms with Gasteiger partial charge >= 0.3 is 0 Å². The second-order valence-corrected chi connectivity index (χ2v) is 8.95. The molecular formula is C28H18BrN3O4. The predicted molar refractivity (Wildman–Crippen MR) is 141 cm³/mol. The minimum Gasteiger partial charge on any atom is -0.322 e. The zero-order valence-corrected chi connectivity index (χ0v) is 20.3. The topological polar surface area (TPSA) is 95.6 Å². The minimum atomic E-state index is -0.513. The van der Waals surface area contributed by atoms with Crippen molar-refractivity contribution < 1.29 is 19.2 Å². The zero-order chi connectivity index (χ0) is 25.2. The van der Waals surface area contributed by atoms with Gasteiger partial charge in [-0.2, -0.15) is 0 Å². The fraction of sp³-hybridized carbons (Fsp3) is 0. The summed E-state index contributed by atoms with van der Waals surface area (Å²) in [5.74, 6) is -1.63. The van der Waals surface area contributed by atoms with Gasteiger partial charge in [0.25, 0.3) is 23.6 Å². The number of carbonyl (C=O) groups is 4. The lowest BCUT2D eigenvalue weighted by Gasteiger charge is -2.15. The minimum absolute atomic E-state index is 0.187. The number of benzene rings is 4. The van der Waals surface area contributed by atoms with Gasteiger partial charge in [0, 0.05) is 27.0 Å². The highest BCUT2D eigenvalue weighted by Gasteiger charge is 2.37. The van der Waals surface area contributed by atoms with Crippen LogP contribution >= 0.6 is 15.9 Å². The van der Waals surface area contributed by atoms with Crippen LogP contribution in [0.1, 0.15) is 41.4 Å². The SMILES string of the molecule is O=C(Nc1cccc(N2C(=O)c3ccc(NC(=O)c4ccc(Br)cc4)cc3C2=O)c1)c1ccccc1. The van der Waals surface area contributed by atoms with E-state index < -0.39 is 11.8 Å². The summed E-state index contributed by atoms with van der Waals surface area (Å²) in [6.45, 7) is 0. The molecular weight excluding hydrogens is 522 g/mol. The van der Waals surface area contributed by atoms with Gasteiger partial charge in [-0.3, -0.25) is 19.2 Å². The molecule has 0 bridgehead atoms. The highest BCUT2D eigenvalue weighted by atomic mass is 79.9. The zero-order valence-electron chi connectivity index (χ0n) is 18.7. The number of carbonyl (C=O) groups excluding carboxylic acids is 4. The summed E-state index contributed by atoms with van der Waals surface area (Å²) in [5.41, 5.74) is 2.53. The number of rotatable bonds is 5. The molecule has 4 aromatic rings. The largest absolute Gasteiger partial charge is 0.322 e. The number of hydrogen-bond acceptors (Lipinski definition) is 4. The van der Waals surface area contributed by atoms with E-state index in [9.17, 15) is 19.2 Å². The monoisotopic (exact) mass is 539 g/mol. The number of hydrogen-bond donors (Lipinski definition) is 2. The van der Waals surface area contributed by atoms with Gasteiger partial charge in [0.2, 0.25) is 0 Å². The first-order chi connectivity index (χ1) is 17.4. The Labute approximate surface area is 214 Å². The fourth-order valence-electron chi connectivity index (χ4n) is 3.87. The molecule has 4 aromatic carbocycles. The third-order valence-electron chi connectivity index (χ3n) is 5.65. The van der Waals surface area contributed by atoms with Crippen LogP contribution in [-0.4, -0.2) is 23.6 Å². The summed E-state index contributed by atoms with van der Waals surface area (Å²) < 4.78 is 0.851. The molecule has 0 unspecified atom stereocenters. The molecule has 4 amide bonds. The number of anilines is 3. The Hall–Kier alpha value is -4.56. The highest BCUT2D eigenvalue weighted by molar-refractivity contribution is 9.10. The number of fused-ring (bicyclic) bond motifs is 1. The van der Waals surface area contributed by atoms with E-state index in [4.69, 9.17) is 0 Å². The molecule has 1 aliphatic rings. The normalized spacial score (nSPS) is 12.3. The fourth-order valence-corrected chi connectivity index (χ4v) is 4.14. The maximum absolute atomic E-state index is 13.2. The quantitative estimate of drug-likeness (QED) is 0.315. The van der Waals surface area contributed by atoms with Gasteiger partial charge in [-0.25, -0.2) is 4.90 Å². The number of imide groups is 1. The lowest BCUT2D eigenvalue weighted by Crippen LogP contribution is -2.29. The Morgan fingerprint density at radius 1 is 0.611 bits per heavy atom. The van der Waals surface area contributed by atoms with E-state index in [2.05, 4.69) is 26.6 Å². The lowest BCUT2D eigenvalue weighted by molar-refractivity contribution is 0.0924. The van der Waals surface area contributed by atoms with Crippen LogP contribution in [0.15, 0.2) is 102 Å². The van der Waals surface area contributed by atoms with Gasteiger partial charge in [0.1, 0.15) is 0 Å². The molecule has 1 aliphatic heterocycles. The van der Waals surface area contributed by atoms with E-state index in [-0.39, 0.29) is 22.9 Å². The summed E-state index contributed by atoms with van der Waals surface area (Å²) in [7, 11) is 0. The Kier molecular flexibility index (Phi) is 6.18. The summed E-state index contributed by atoms with van der Waals surface area (Å²) in [4.78, 5) is 52.4. The molecule has 0 saturated carbocycles. The van der Waals surface area contributed by atoms with Gasteiger partial charge in [0.05, 0.1) is 16.8 Å². The van der Waals surface area contributed by atoms with Gasteiger partial charge < -0.3 is 10.6 Å². The van der Waals surface area contributed by atoms with Crippen molar-refractivity contribution >= 4 is 56.6 Å². The molecule has 1 heterocycles. The first-order valence-corrected chi connectivity index (χ1v) is 11.8. The molecule has 0 fully saturated rings. The Bertz CT molecular complexity index is 1520. The van der Waals surface area contributed by atoms with Crippen molar-refractivity contribution in [2.45, 2.75) is 0 Å². The number of nitrogens with one attached hydrogen (secondary N) is 2. The first-order valence-electron chi connectivity index (χ1n) is 11.0. The first kappa shape index (κ1) is 23.2. The van der Waals surface area contributed by atoms with Gasteiger partial charge in [-0.15, -0.1) is 0 Å². The van der Waals surface area contributed by atoms with Crippen molar-refractivity contribution in [2.24, 2.45) is 0 Å². The summed E-state index contributed by atoms with van der Waals surface area (Å²) >= 11 is 3.33. The van der Waals surface area contributed by atoms with E-state index in [1.807, 2.05) is 6.07 Å². The van der Waals surface area contributed by atoms with Crippen molar-refractivity contribution in [1.82, 2.24) is 0 Å². The molecule has 0 atom stereocenters. The maximum atomic E-state index is 13.2. The van der Waals surface area contributed by atoms with Crippen molar-refractivity contribution in [1.29, 1.82) is 0 Å². The second-order valence-electron chi connectivity index (χ2n) is 8.04. The molecule has 36 heavy (non-hydrogen) atoms. The van der Waals surface area contributed by atoms with Crippen LogP contribution in [-0.2, 0) is 0 Å². The van der Waals surface area contributed by atoms with Crippen LogP contribution in [0.5, 0.6) is 0 Å². The Morgan fingerprint density at radius 3 is 1.92 bits per heavy atom. The number of nitrogens with zero attached hydrogens (tertiary/aromatic N) is 1. The number of halogens is 1. The van der Waals surface area contributed by atoms with Crippen LogP contribution < -0.4 is 15.5 Å². The van der Waals surface area contributed by atoms with Gasteiger partial charge in [-0.05, 0) is 72.8 Å². The second kappa shape index (κ2) is 9.59. The summed E-state index contributed by atoms with van der Waals surface area (Å²) in [5, 5.41) is 5.54. The maximum Gasteiger partial charge on any atom is 0.266 e. The molecule has 2 N–H and O–H groups in total. The molecule has 0 spiro atoms. The summed E-state index contributed by atoms with van der Waals surface area (Å²) in [6, 6.07) is 26.7. The van der Waals surface area contributed by atoms with Crippen LogP contribution in [0.25, 0.3) is 0 Å². The van der Waals surface area contributed by atoms with Crippen molar-refractivity contribution in [3.05, 3.63) is 124 Å². The molecule has 0 saturated heterocycles. The number of amides is 4. The predicted octanol–water partition coefficient (Wildman–Crippen LogP) is 5.75. The molecule has 176 valence electrons. The molecule has 8 heteroatoms. The van der Waals surface area contributed by atoms with E-state index in [0.717, 1.165) is 9.37 Å². The molecule has 5 rings (SSSR count). The average Bonchev–Trinajstić information content (AvgIpc) is 3.14. The molecule has 0 aromatic heterocycles. The molecule has 7 nitrogen and oxygen atoms in total. The average molecular weight is 540 g/mol. The molecule has 0 radical (unpaired) electrons. The molecule has 0 aliphatic carbocycles.